The average molecular weight is 337 g/mol. The molecule has 128 valence electrons. The topological polar surface area (TPSA) is 70.8 Å². The highest BCUT2D eigenvalue weighted by Gasteiger charge is 2.26. The Bertz CT molecular complexity index is 785. The van der Waals surface area contributed by atoms with Crippen LogP contribution in [0.25, 0.3) is 0 Å². The van der Waals surface area contributed by atoms with Gasteiger partial charge in [-0.25, -0.2) is 13.6 Å². The molecule has 1 aromatic carbocycles. The summed E-state index contributed by atoms with van der Waals surface area (Å²) in [5.41, 5.74) is -0.0644. The molecule has 0 fully saturated rings. The first-order valence-electron chi connectivity index (χ1n) is 7.34. The molecule has 0 radical (unpaired) electrons. The molecule has 1 N–H and O–H groups in total. The summed E-state index contributed by atoms with van der Waals surface area (Å²) in [5.74, 6) is -3.03. The van der Waals surface area contributed by atoms with Gasteiger partial charge in [0.15, 0.2) is 5.76 Å². The molecule has 0 saturated heterocycles. The molecule has 1 aromatic heterocycles. The van der Waals surface area contributed by atoms with Crippen LogP contribution < -0.4 is 0 Å². The second-order valence-electron chi connectivity index (χ2n) is 5.36. The summed E-state index contributed by atoms with van der Waals surface area (Å²) in [7, 11) is 1.41. The summed E-state index contributed by atoms with van der Waals surface area (Å²) in [6.07, 6.45) is 0.312. The number of nitrogens with zero attached hydrogens (tertiary/aromatic N) is 1. The highest BCUT2D eigenvalue weighted by Crippen LogP contribution is 2.25. The number of halogens is 2. The molecular weight excluding hydrogens is 320 g/mol. The molecule has 5 nitrogen and oxygen atoms in total. The second kappa shape index (κ2) is 6.82. The van der Waals surface area contributed by atoms with Crippen LogP contribution in [0.4, 0.5) is 8.78 Å². The van der Waals surface area contributed by atoms with Gasteiger partial charge in [-0.05, 0) is 25.1 Å². The molecule has 7 heteroatoms. The SMILES string of the molecule is CCc1oc(C(=O)N(C)C(C)c2cc(F)ccc2F)cc1C(=O)O. The van der Waals surface area contributed by atoms with Crippen molar-refractivity contribution in [1.82, 2.24) is 4.90 Å². The molecule has 0 bridgehead atoms. The summed E-state index contributed by atoms with van der Waals surface area (Å²) in [6.45, 7) is 3.24. The predicted octanol–water partition coefficient (Wildman–Crippen LogP) is 3.65. The maximum Gasteiger partial charge on any atom is 0.339 e. The highest BCUT2D eigenvalue weighted by atomic mass is 19.1. The zero-order chi connectivity index (χ0) is 18.0. The fourth-order valence-corrected chi connectivity index (χ4v) is 2.37. The Morgan fingerprint density at radius 2 is 1.96 bits per heavy atom. The van der Waals surface area contributed by atoms with E-state index in [4.69, 9.17) is 9.52 Å². The maximum atomic E-state index is 13.9. The molecule has 0 spiro atoms. The zero-order valence-electron chi connectivity index (χ0n) is 13.5. The number of hydrogen-bond acceptors (Lipinski definition) is 3. The minimum Gasteiger partial charge on any atom is -0.478 e. The van der Waals surface area contributed by atoms with E-state index in [1.54, 1.807) is 6.92 Å². The van der Waals surface area contributed by atoms with Crippen molar-refractivity contribution >= 4 is 11.9 Å². The smallest absolute Gasteiger partial charge is 0.339 e. The number of rotatable bonds is 5. The minimum atomic E-state index is -1.19. The molecule has 1 heterocycles. The third-order valence-electron chi connectivity index (χ3n) is 3.88. The summed E-state index contributed by atoms with van der Waals surface area (Å²) >= 11 is 0. The van der Waals surface area contributed by atoms with Gasteiger partial charge in [-0.2, -0.15) is 0 Å². The van der Waals surface area contributed by atoms with Crippen LogP contribution in [0.5, 0.6) is 0 Å². The van der Waals surface area contributed by atoms with Crippen LogP contribution in [-0.4, -0.2) is 28.9 Å². The van der Waals surface area contributed by atoms with E-state index in [9.17, 15) is 18.4 Å². The second-order valence-corrected chi connectivity index (χ2v) is 5.36. The number of furan rings is 1. The van der Waals surface area contributed by atoms with E-state index in [0.29, 0.717) is 6.42 Å². The Hall–Kier alpha value is -2.70. The zero-order valence-corrected chi connectivity index (χ0v) is 13.5. The number of carbonyl (C=O) groups excluding carboxylic acids is 1. The molecule has 0 aliphatic heterocycles. The number of aryl methyl sites for hydroxylation is 1. The van der Waals surface area contributed by atoms with Crippen molar-refractivity contribution in [3.63, 3.8) is 0 Å². The summed E-state index contributed by atoms with van der Waals surface area (Å²) in [5, 5.41) is 9.11. The van der Waals surface area contributed by atoms with Crippen molar-refractivity contribution in [3.8, 4) is 0 Å². The predicted molar refractivity (Wildman–Crippen MR) is 81.9 cm³/mol. The Morgan fingerprint density at radius 1 is 1.29 bits per heavy atom. The Balaban J connectivity index is 2.32. The van der Waals surface area contributed by atoms with Crippen LogP contribution in [0.2, 0.25) is 0 Å². The number of hydrogen-bond donors (Lipinski definition) is 1. The number of carbonyl (C=O) groups is 2. The number of carboxylic acids is 1. The molecule has 1 unspecified atom stereocenters. The third kappa shape index (κ3) is 3.29. The number of benzene rings is 1. The summed E-state index contributed by atoms with van der Waals surface area (Å²) < 4.78 is 32.5. The van der Waals surface area contributed by atoms with Crippen molar-refractivity contribution in [3.05, 3.63) is 58.5 Å². The van der Waals surface area contributed by atoms with Crippen molar-refractivity contribution in [2.45, 2.75) is 26.3 Å². The van der Waals surface area contributed by atoms with Gasteiger partial charge in [-0.15, -0.1) is 0 Å². The number of amides is 1. The van der Waals surface area contributed by atoms with Crippen LogP contribution in [0.15, 0.2) is 28.7 Å². The Labute approximate surface area is 137 Å². The first-order valence-corrected chi connectivity index (χ1v) is 7.34. The first-order chi connectivity index (χ1) is 11.3. The molecule has 0 aliphatic carbocycles. The van der Waals surface area contributed by atoms with Gasteiger partial charge in [0.1, 0.15) is 23.0 Å². The van der Waals surface area contributed by atoms with Crippen molar-refractivity contribution in [1.29, 1.82) is 0 Å². The molecule has 2 aromatic rings. The van der Waals surface area contributed by atoms with Gasteiger partial charge < -0.3 is 14.4 Å². The number of aromatic carboxylic acids is 1. The lowest BCUT2D eigenvalue weighted by Gasteiger charge is -2.24. The lowest BCUT2D eigenvalue weighted by atomic mass is 10.1. The molecule has 0 aliphatic rings. The number of carboxylic acid groups (broad SMARTS) is 1. The summed E-state index contributed by atoms with van der Waals surface area (Å²) in [4.78, 5) is 24.8. The van der Waals surface area contributed by atoms with E-state index in [1.807, 2.05) is 0 Å². The quantitative estimate of drug-likeness (QED) is 0.904. The van der Waals surface area contributed by atoms with E-state index in [2.05, 4.69) is 0 Å². The van der Waals surface area contributed by atoms with E-state index in [0.717, 1.165) is 24.3 Å². The van der Waals surface area contributed by atoms with Crippen LogP contribution in [0, 0.1) is 11.6 Å². The van der Waals surface area contributed by atoms with Gasteiger partial charge in [0.2, 0.25) is 0 Å². The van der Waals surface area contributed by atoms with Crippen LogP contribution in [0.3, 0.4) is 0 Å². The largest absolute Gasteiger partial charge is 0.478 e. The van der Waals surface area contributed by atoms with E-state index in [-0.39, 0.29) is 22.6 Å². The van der Waals surface area contributed by atoms with Gasteiger partial charge in [0.25, 0.3) is 5.91 Å². The molecule has 24 heavy (non-hydrogen) atoms. The standard InChI is InChI=1S/C17H17F2NO4/c1-4-14-12(17(22)23)8-15(24-14)16(21)20(3)9(2)11-7-10(18)5-6-13(11)19/h5-9H,4H2,1-3H3,(H,22,23). The van der Waals surface area contributed by atoms with Crippen molar-refractivity contribution < 1.29 is 27.9 Å². The molecule has 0 saturated carbocycles. The monoisotopic (exact) mass is 337 g/mol. The van der Waals surface area contributed by atoms with Gasteiger partial charge in [-0.1, -0.05) is 6.92 Å². The molecule has 1 amide bonds. The van der Waals surface area contributed by atoms with Gasteiger partial charge in [-0.3, -0.25) is 4.79 Å². The van der Waals surface area contributed by atoms with Gasteiger partial charge in [0.05, 0.1) is 6.04 Å². The Kier molecular flexibility index (Phi) is 5.02. The fraction of sp³-hybridized carbons (Fsp3) is 0.294. The minimum absolute atomic E-state index is 0.0200. The molecule has 1 atom stereocenters. The normalized spacial score (nSPS) is 12.0. The van der Waals surface area contributed by atoms with E-state index >= 15 is 0 Å². The van der Waals surface area contributed by atoms with Crippen molar-refractivity contribution in [2.24, 2.45) is 0 Å². The summed E-state index contributed by atoms with van der Waals surface area (Å²) in [6, 6.07) is 3.38. The lowest BCUT2D eigenvalue weighted by Crippen LogP contribution is -2.30. The average Bonchev–Trinajstić information content (AvgIpc) is 2.99. The van der Waals surface area contributed by atoms with E-state index < -0.39 is 29.6 Å². The first kappa shape index (κ1) is 17.7. The Morgan fingerprint density at radius 3 is 2.50 bits per heavy atom. The maximum absolute atomic E-state index is 13.9. The highest BCUT2D eigenvalue weighted by molar-refractivity contribution is 5.96. The van der Waals surface area contributed by atoms with Crippen LogP contribution in [0.1, 0.15) is 52.1 Å². The van der Waals surface area contributed by atoms with Crippen LogP contribution >= 0.6 is 0 Å². The fourth-order valence-electron chi connectivity index (χ4n) is 2.37. The lowest BCUT2D eigenvalue weighted by molar-refractivity contribution is 0.0688. The van der Waals surface area contributed by atoms with Gasteiger partial charge >= 0.3 is 5.97 Å². The van der Waals surface area contributed by atoms with Crippen LogP contribution in [-0.2, 0) is 6.42 Å². The van der Waals surface area contributed by atoms with Gasteiger partial charge in [0, 0.05) is 25.1 Å². The molecular formula is C17H17F2NO4. The molecule has 2 rings (SSSR count). The third-order valence-corrected chi connectivity index (χ3v) is 3.88. The van der Waals surface area contributed by atoms with Crippen molar-refractivity contribution in [2.75, 3.05) is 7.05 Å². The van der Waals surface area contributed by atoms with E-state index in [1.165, 1.54) is 18.9 Å².